The van der Waals surface area contributed by atoms with Crippen LogP contribution in [0.1, 0.15) is 395 Å². The third kappa shape index (κ3) is 69.0. The Morgan fingerprint density at radius 3 is 0.800 bits per heavy atom. The van der Waals surface area contributed by atoms with Crippen molar-refractivity contribution in [3.8, 4) is 0 Å². The summed E-state index contributed by atoms with van der Waals surface area (Å²) in [4.78, 5) is 72.7. The maximum absolute atomic E-state index is 13.1. The number of hydrogen-bond donors (Lipinski definition) is 3. The van der Waals surface area contributed by atoms with Gasteiger partial charge in [-0.05, 0) is 37.5 Å². The Kier molecular flexibility index (Phi) is 66.5. The van der Waals surface area contributed by atoms with Crippen LogP contribution in [0.5, 0.6) is 0 Å². The highest BCUT2D eigenvalue weighted by molar-refractivity contribution is 7.47. The third-order valence-electron chi connectivity index (χ3n) is 18.1. The summed E-state index contributed by atoms with van der Waals surface area (Å²) in [6.45, 7) is 9.54. The quantitative estimate of drug-likeness (QED) is 0.0222. The van der Waals surface area contributed by atoms with Gasteiger partial charge in [0.05, 0.1) is 26.4 Å². The predicted molar refractivity (Wildman–Crippen MR) is 386 cm³/mol. The molecule has 0 aliphatic carbocycles. The summed E-state index contributed by atoms with van der Waals surface area (Å²) < 4.78 is 68.5. The number of aliphatic hydroxyl groups is 1. The number of aliphatic hydroxyl groups excluding tert-OH is 1. The lowest BCUT2D eigenvalue weighted by molar-refractivity contribution is -0.161. The van der Waals surface area contributed by atoms with Crippen LogP contribution in [-0.2, 0) is 65.4 Å². The van der Waals surface area contributed by atoms with Crippen LogP contribution in [0.4, 0.5) is 0 Å². The first-order chi connectivity index (χ1) is 45.9. The van der Waals surface area contributed by atoms with Gasteiger partial charge in [-0.25, -0.2) is 9.13 Å². The van der Waals surface area contributed by atoms with Gasteiger partial charge in [-0.1, -0.05) is 343 Å². The molecular formula is C76H148O17P2. The summed E-state index contributed by atoms with van der Waals surface area (Å²) in [6, 6.07) is 0. The van der Waals surface area contributed by atoms with E-state index in [1.165, 1.54) is 212 Å². The molecule has 6 atom stereocenters. The maximum atomic E-state index is 13.1. The Bertz CT molecular complexity index is 1840. The van der Waals surface area contributed by atoms with E-state index in [0.717, 1.165) is 102 Å². The van der Waals surface area contributed by atoms with Gasteiger partial charge in [-0.2, -0.15) is 0 Å². The minimum absolute atomic E-state index is 0.103. The lowest BCUT2D eigenvalue weighted by Gasteiger charge is -2.21. The van der Waals surface area contributed by atoms with Gasteiger partial charge in [0.2, 0.25) is 0 Å². The Morgan fingerprint density at radius 2 is 0.537 bits per heavy atom. The number of phosphoric ester groups is 2. The van der Waals surface area contributed by atoms with Crippen LogP contribution in [0.15, 0.2) is 0 Å². The fraction of sp³-hybridized carbons (Fsp3) is 0.947. The number of ether oxygens (including phenoxy) is 4. The SMILES string of the molecule is CCCCCCCCCCCCCCCCCCCCCCCC(=O)O[C@H](COC(=O)CCCCCCCCCCCCCC(C)C)COP(=O)(O)OC[C@@H](O)COP(=O)(O)OC[C@@H](COC(=O)CCCCCCCCCCCC)OC(=O)CCCCCCCCC(C)CC. The molecule has 0 bridgehead atoms. The summed E-state index contributed by atoms with van der Waals surface area (Å²) in [5.74, 6) is -0.629. The Labute approximate surface area is 581 Å². The van der Waals surface area contributed by atoms with Crippen molar-refractivity contribution in [3.05, 3.63) is 0 Å². The number of carbonyl (C=O) groups is 4. The second kappa shape index (κ2) is 67.9. The molecule has 19 heteroatoms. The number of hydrogen-bond acceptors (Lipinski definition) is 15. The minimum Gasteiger partial charge on any atom is -0.462 e. The summed E-state index contributed by atoms with van der Waals surface area (Å²) in [5.41, 5.74) is 0. The van der Waals surface area contributed by atoms with Gasteiger partial charge in [0.1, 0.15) is 19.3 Å². The van der Waals surface area contributed by atoms with Crippen molar-refractivity contribution in [2.24, 2.45) is 11.8 Å². The van der Waals surface area contributed by atoms with Crippen LogP contribution < -0.4 is 0 Å². The van der Waals surface area contributed by atoms with E-state index in [4.69, 9.17) is 37.0 Å². The molecule has 17 nitrogen and oxygen atoms in total. The zero-order valence-electron chi connectivity index (χ0n) is 62.0. The van der Waals surface area contributed by atoms with Crippen LogP contribution in [0.2, 0.25) is 0 Å². The van der Waals surface area contributed by atoms with Crippen LogP contribution in [0, 0.1) is 11.8 Å². The number of carbonyl (C=O) groups excluding carboxylic acids is 4. The Morgan fingerprint density at radius 1 is 0.305 bits per heavy atom. The average Bonchev–Trinajstić information content (AvgIpc) is 2.89. The topological polar surface area (TPSA) is 237 Å². The predicted octanol–water partition coefficient (Wildman–Crippen LogP) is 22.3. The lowest BCUT2D eigenvalue weighted by atomic mass is 10.00. The van der Waals surface area contributed by atoms with Gasteiger partial charge in [0.25, 0.3) is 0 Å². The first kappa shape index (κ1) is 93.1. The molecule has 0 spiro atoms. The molecule has 0 aliphatic rings. The van der Waals surface area contributed by atoms with Crippen molar-refractivity contribution in [2.75, 3.05) is 39.6 Å². The van der Waals surface area contributed by atoms with Crippen molar-refractivity contribution in [3.63, 3.8) is 0 Å². The van der Waals surface area contributed by atoms with Crippen molar-refractivity contribution in [2.45, 2.75) is 413 Å². The van der Waals surface area contributed by atoms with Crippen LogP contribution >= 0.6 is 15.6 Å². The monoisotopic (exact) mass is 1400 g/mol. The number of unbranched alkanes of at least 4 members (excludes halogenated alkanes) is 44. The van der Waals surface area contributed by atoms with Gasteiger partial charge in [0.15, 0.2) is 12.2 Å². The Balaban J connectivity index is 5.19. The molecular weight excluding hydrogens is 1250 g/mol. The number of rotatable bonds is 75. The average molecular weight is 1400 g/mol. The van der Waals surface area contributed by atoms with Crippen molar-refractivity contribution < 1.29 is 80.2 Å². The fourth-order valence-corrected chi connectivity index (χ4v) is 13.2. The molecule has 0 rings (SSSR count). The molecule has 0 aromatic rings. The molecule has 0 aliphatic heterocycles. The van der Waals surface area contributed by atoms with E-state index in [0.29, 0.717) is 25.7 Å². The van der Waals surface area contributed by atoms with Crippen molar-refractivity contribution in [1.82, 2.24) is 0 Å². The van der Waals surface area contributed by atoms with Gasteiger partial charge in [-0.15, -0.1) is 0 Å². The van der Waals surface area contributed by atoms with Gasteiger partial charge < -0.3 is 33.8 Å². The number of phosphoric acid groups is 2. The van der Waals surface area contributed by atoms with Gasteiger partial charge in [0, 0.05) is 25.7 Å². The largest absolute Gasteiger partial charge is 0.472 e. The molecule has 0 heterocycles. The first-order valence-corrected chi connectivity index (χ1v) is 42.5. The maximum Gasteiger partial charge on any atom is 0.472 e. The summed E-state index contributed by atoms with van der Waals surface area (Å²) in [6.07, 6.45) is 55.7. The lowest BCUT2D eigenvalue weighted by Crippen LogP contribution is -2.30. The van der Waals surface area contributed by atoms with Crippen LogP contribution in [0.25, 0.3) is 0 Å². The highest BCUT2D eigenvalue weighted by Gasteiger charge is 2.30. The van der Waals surface area contributed by atoms with E-state index in [2.05, 4.69) is 41.5 Å². The molecule has 3 N–H and O–H groups in total. The second-order valence-corrected chi connectivity index (χ2v) is 31.0. The van der Waals surface area contributed by atoms with E-state index in [9.17, 15) is 43.2 Å². The second-order valence-electron chi connectivity index (χ2n) is 28.1. The molecule has 0 amide bonds. The van der Waals surface area contributed by atoms with E-state index < -0.39 is 97.5 Å². The normalized spacial score (nSPS) is 14.3. The zero-order chi connectivity index (χ0) is 70.0. The van der Waals surface area contributed by atoms with Gasteiger partial charge >= 0.3 is 39.5 Å². The molecule has 0 saturated carbocycles. The van der Waals surface area contributed by atoms with E-state index in [1.807, 2.05) is 0 Å². The summed E-state index contributed by atoms with van der Waals surface area (Å²) in [5, 5.41) is 10.6. The van der Waals surface area contributed by atoms with Crippen molar-refractivity contribution in [1.29, 1.82) is 0 Å². The molecule has 95 heavy (non-hydrogen) atoms. The molecule has 0 aromatic heterocycles. The molecule has 564 valence electrons. The minimum atomic E-state index is -4.96. The van der Waals surface area contributed by atoms with Crippen molar-refractivity contribution >= 4 is 39.5 Å². The summed E-state index contributed by atoms with van der Waals surface area (Å²) >= 11 is 0. The standard InChI is InChI=1S/C76H148O17P2/c1-7-10-12-14-16-18-20-21-22-23-24-25-26-27-28-29-32-37-41-48-54-60-75(80)92-71(64-86-74(79)59-53-47-40-36-33-30-31-34-38-44-50-56-68(4)5)66-90-94(82,83)88-62-70(77)63-89-95(84,85)91-67-72(93-76(81)61-55-49-43-42-45-51-57-69(6)9-3)65-87-73(78)58-52-46-39-35-19-17-15-13-11-8-2/h68-72,77H,7-67H2,1-6H3,(H,82,83)(H,84,85)/t69?,70-,71-,72-/m1/s1. The van der Waals surface area contributed by atoms with Crippen LogP contribution in [-0.4, -0.2) is 96.7 Å². The highest BCUT2D eigenvalue weighted by Crippen LogP contribution is 2.45. The smallest absolute Gasteiger partial charge is 0.462 e. The Hall–Kier alpha value is -1.94. The van der Waals surface area contributed by atoms with Crippen LogP contribution in [0.3, 0.4) is 0 Å². The molecule has 0 radical (unpaired) electrons. The highest BCUT2D eigenvalue weighted by atomic mass is 31.2. The molecule has 0 fully saturated rings. The van der Waals surface area contributed by atoms with E-state index in [-0.39, 0.29) is 25.7 Å². The first-order valence-electron chi connectivity index (χ1n) is 39.5. The van der Waals surface area contributed by atoms with E-state index >= 15 is 0 Å². The molecule has 0 aromatic carbocycles. The number of esters is 4. The van der Waals surface area contributed by atoms with Gasteiger partial charge in [-0.3, -0.25) is 37.3 Å². The molecule has 3 unspecified atom stereocenters. The molecule has 0 saturated heterocycles. The fourth-order valence-electron chi connectivity index (χ4n) is 11.6. The summed E-state index contributed by atoms with van der Waals surface area (Å²) in [7, 11) is -9.91. The third-order valence-corrected chi connectivity index (χ3v) is 20.0. The van der Waals surface area contributed by atoms with E-state index in [1.54, 1.807) is 0 Å². The zero-order valence-corrected chi connectivity index (χ0v) is 63.8.